The highest BCUT2D eigenvalue weighted by Gasteiger charge is 2.52. The van der Waals surface area contributed by atoms with Gasteiger partial charge in [0.2, 0.25) is 0 Å². The summed E-state index contributed by atoms with van der Waals surface area (Å²) in [4.78, 5) is 4.21. The Labute approximate surface area is 90.7 Å². The molecule has 1 saturated heterocycles. The zero-order valence-electron chi connectivity index (χ0n) is 8.98. The lowest BCUT2D eigenvalue weighted by atomic mass is 9.77. The van der Waals surface area contributed by atoms with Gasteiger partial charge < -0.3 is 4.74 Å². The third kappa shape index (κ3) is 1.57. The van der Waals surface area contributed by atoms with Crippen molar-refractivity contribution < 1.29 is 4.74 Å². The number of ether oxygens (including phenoxy) is 1. The fourth-order valence-corrected chi connectivity index (χ4v) is 2.90. The molecule has 0 spiro atoms. The lowest BCUT2D eigenvalue weighted by Gasteiger charge is -2.27. The fraction of sp³-hybridized carbons (Fsp3) is 0.615. The molecule has 2 aliphatic rings. The van der Waals surface area contributed by atoms with Gasteiger partial charge in [-0.2, -0.15) is 0 Å². The topological polar surface area (TPSA) is 25.4 Å². The summed E-state index contributed by atoms with van der Waals surface area (Å²) in [5, 5.41) is 0. The van der Waals surface area contributed by atoms with Crippen LogP contribution in [0.3, 0.4) is 0 Å². The van der Waals surface area contributed by atoms with Crippen molar-refractivity contribution in [1.82, 2.24) is 4.98 Å². The van der Waals surface area contributed by atoms with Crippen LogP contribution < -0.4 is 0 Å². The van der Waals surface area contributed by atoms with Crippen molar-refractivity contribution in [2.45, 2.75) is 37.7 Å². The largest absolute Gasteiger partial charge is 0.364 e. The molecule has 1 aromatic heterocycles. The van der Waals surface area contributed by atoms with Crippen molar-refractivity contribution >= 4 is 0 Å². The maximum atomic E-state index is 5.78. The van der Waals surface area contributed by atoms with Crippen LogP contribution in [0, 0.1) is 5.92 Å². The molecule has 1 atom stereocenters. The summed E-state index contributed by atoms with van der Waals surface area (Å²) >= 11 is 0. The second-order valence-electron chi connectivity index (χ2n) is 4.75. The standard InChI is InChI=1S/C13H17NO/c1-2-5-11(6-3-1)13(10-15-13)12-7-4-8-14-9-12/h4,7-9,11H,1-3,5-6,10H2. The van der Waals surface area contributed by atoms with E-state index in [9.17, 15) is 0 Å². The molecule has 2 heteroatoms. The van der Waals surface area contributed by atoms with Crippen LogP contribution in [-0.4, -0.2) is 11.6 Å². The van der Waals surface area contributed by atoms with Crippen molar-refractivity contribution in [3.63, 3.8) is 0 Å². The molecule has 2 heterocycles. The minimum Gasteiger partial charge on any atom is -0.364 e. The first-order valence-electron chi connectivity index (χ1n) is 5.96. The summed E-state index contributed by atoms with van der Waals surface area (Å²) in [5.74, 6) is 0.732. The van der Waals surface area contributed by atoms with Gasteiger partial charge in [-0.05, 0) is 24.8 Å². The van der Waals surface area contributed by atoms with Crippen LogP contribution in [-0.2, 0) is 10.3 Å². The normalized spacial score (nSPS) is 31.5. The number of nitrogens with zero attached hydrogens (tertiary/aromatic N) is 1. The first-order valence-corrected chi connectivity index (χ1v) is 5.96. The summed E-state index contributed by atoms with van der Waals surface area (Å²) in [5.41, 5.74) is 1.34. The van der Waals surface area contributed by atoms with E-state index in [1.54, 1.807) is 0 Å². The molecule has 3 rings (SSSR count). The summed E-state index contributed by atoms with van der Waals surface area (Å²) in [6.45, 7) is 0.906. The zero-order valence-corrected chi connectivity index (χ0v) is 8.98. The molecule has 1 aliphatic carbocycles. The molecule has 0 aromatic carbocycles. The molecule has 2 fully saturated rings. The van der Waals surface area contributed by atoms with Gasteiger partial charge in [0.25, 0.3) is 0 Å². The highest BCUT2D eigenvalue weighted by molar-refractivity contribution is 5.25. The lowest BCUT2D eigenvalue weighted by Crippen LogP contribution is -2.24. The molecule has 15 heavy (non-hydrogen) atoms. The Bertz CT molecular complexity index is 326. The Balaban J connectivity index is 1.84. The fourth-order valence-electron chi connectivity index (χ4n) is 2.90. The van der Waals surface area contributed by atoms with Crippen molar-refractivity contribution in [3.05, 3.63) is 30.1 Å². The minimum atomic E-state index is 0.0503. The van der Waals surface area contributed by atoms with Crippen LogP contribution in [0.4, 0.5) is 0 Å². The average molecular weight is 203 g/mol. The van der Waals surface area contributed by atoms with Crippen molar-refractivity contribution in [1.29, 1.82) is 0 Å². The number of rotatable bonds is 2. The van der Waals surface area contributed by atoms with E-state index in [0.29, 0.717) is 0 Å². The summed E-state index contributed by atoms with van der Waals surface area (Å²) < 4.78 is 5.78. The van der Waals surface area contributed by atoms with E-state index in [-0.39, 0.29) is 5.60 Å². The predicted octanol–water partition coefficient (Wildman–Crippen LogP) is 2.89. The molecule has 80 valence electrons. The van der Waals surface area contributed by atoms with E-state index < -0.39 is 0 Å². The number of epoxide rings is 1. The minimum absolute atomic E-state index is 0.0503. The third-order valence-corrected chi connectivity index (χ3v) is 3.87. The van der Waals surface area contributed by atoms with E-state index in [4.69, 9.17) is 4.74 Å². The predicted molar refractivity (Wildman–Crippen MR) is 58.4 cm³/mol. The number of hydrogen-bond donors (Lipinski definition) is 0. The number of pyridine rings is 1. The Kier molecular flexibility index (Phi) is 2.24. The third-order valence-electron chi connectivity index (χ3n) is 3.87. The summed E-state index contributed by atoms with van der Waals surface area (Å²) in [6.07, 6.45) is 10.6. The van der Waals surface area contributed by atoms with Crippen molar-refractivity contribution in [3.8, 4) is 0 Å². The first kappa shape index (κ1) is 9.34. The quantitative estimate of drug-likeness (QED) is 0.690. The van der Waals surface area contributed by atoms with Gasteiger partial charge in [0.15, 0.2) is 0 Å². The van der Waals surface area contributed by atoms with Gasteiger partial charge in [-0.15, -0.1) is 0 Å². The first-order chi connectivity index (χ1) is 7.42. The maximum Gasteiger partial charge on any atom is 0.121 e. The molecular weight excluding hydrogens is 186 g/mol. The second kappa shape index (κ2) is 3.60. The second-order valence-corrected chi connectivity index (χ2v) is 4.75. The van der Waals surface area contributed by atoms with Crippen LogP contribution in [0.5, 0.6) is 0 Å². The molecular formula is C13H17NO. The zero-order chi connectivity index (χ0) is 10.1. The van der Waals surface area contributed by atoms with Crippen LogP contribution in [0.2, 0.25) is 0 Å². The summed E-state index contributed by atoms with van der Waals surface area (Å²) in [7, 11) is 0. The summed E-state index contributed by atoms with van der Waals surface area (Å²) in [6, 6.07) is 4.18. The molecule has 0 bridgehead atoms. The van der Waals surface area contributed by atoms with Gasteiger partial charge in [0.05, 0.1) is 6.61 Å². The highest BCUT2D eigenvalue weighted by Crippen LogP contribution is 2.50. The van der Waals surface area contributed by atoms with E-state index in [1.807, 2.05) is 18.5 Å². The van der Waals surface area contributed by atoms with Crippen LogP contribution >= 0.6 is 0 Å². The van der Waals surface area contributed by atoms with E-state index in [0.717, 1.165) is 12.5 Å². The SMILES string of the molecule is c1cncc(C2(C3CCCCC3)CO2)c1. The molecule has 2 nitrogen and oxygen atoms in total. The maximum absolute atomic E-state index is 5.78. The van der Waals surface area contributed by atoms with Gasteiger partial charge in [0, 0.05) is 18.0 Å². The van der Waals surface area contributed by atoms with Crippen LogP contribution in [0.25, 0.3) is 0 Å². The van der Waals surface area contributed by atoms with Crippen LogP contribution in [0.15, 0.2) is 24.5 Å². The van der Waals surface area contributed by atoms with E-state index in [1.165, 1.54) is 37.7 Å². The van der Waals surface area contributed by atoms with E-state index in [2.05, 4.69) is 11.1 Å². The molecule has 0 radical (unpaired) electrons. The van der Waals surface area contributed by atoms with Crippen molar-refractivity contribution in [2.75, 3.05) is 6.61 Å². The van der Waals surface area contributed by atoms with Crippen molar-refractivity contribution in [2.24, 2.45) is 5.92 Å². The van der Waals surface area contributed by atoms with Gasteiger partial charge in [-0.1, -0.05) is 25.3 Å². The Morgan fingerprint density at radius 2 is 2.07 bits per heavy atom. The molecule has 1 aromatic rings. The van der Waals surface area contributed by atoms with Gasteiger partial charge in [0.1, 0.15) is 5.60 Å². The number of aromatic nitrogens is 1. The van der Waals surface area contributed by atoms with Gasteiger partial charge in [-0.3, -0.25) is 4.98 Å². The Morgan fingerprint density at radius 3 is 2.67 bits per heavy atom. The van der Waals surface area contributed by atoms with Gasteiger partial charge >= 0.3 is 0 Å². The molecule has 1 unspecified atom stereocenters. The molecule has 1 saturated carbocycles. The van der Waals surface area contributed by atoms with Crippen LogP contribution in [0.1, 0.15) is 37.7 Å². The Hall–Kier alpha value is -0.890. The van der Waals surface area contributed by atoms with E-state index >= 15 is 0 Å². The lowest BCUT2D eigenvalue weighted by molar-refractivity contribution is 0.173. The molecule has 0 amide bonds. The smallest absolute Gasteiger partial charge is 0.121 e. The molecule has 1 aliphatic heterocycles. The monoisotopic (exact) mass is 203 g/mol. The highest BCUT2D eigenvalue weighted by atomic mass is 16.6. The average Bonchev–Trinajstić information content (AvgIpc) is 3.13. The molecule has 0 N–H and O–H groups in total. The number of hydrogen-bond acceptors (Lipinski definition) is 2. The Morgan fingerprint density at radius 1 is 1.27 bits per heavy atom. The van der Waals surface area contributed by atoms with Gasteiger partial charge in [-0.25, -0.2) is 0 Å².